The van der Waals surface area contributed by atoms with Crippen molar-refractivity contribution < 1.29 is 14.9 Å². The molecular formula is C13H12O3. The summed E-state index contributed by atoms with van der Waals surface area (Å²) in [5, 5.41) is 18.8. The Balaban J connectivity index is 2.34. The maximum Gasteiger partial charge on any atom is 0.172 e. The monoisotopic (exact) mass is 216 g/mol. The van der Waals surface area contributed by atoms with Gasteiger partial charge in [0, 0.05) is 6.07 Å². The number of phenolic OH excluding ortho intramolecular Hbond substituents is 2. The van der Waals surface area contributed by atoms with Crippen LogP contribution in [0.5, 0.6) is 23.0 Å². The fourth-order valence-corrected chi connectivity index (χ4v) is 1.37. The molecule has 0 aliphatic rings. The second-order valence-corrected chi connectivity index (χ2v) is 3.52. The molecule has 3 nitrogen and oxygen atoms in total. The molecule has 0 spiro atoms. The molecule has 0 aliphatic heterocycles. The number of hydrogen-bond acceptors (Lipinski definition) is 3. The Morgan fingerprint density at radius 3 is 2.44 bits per heavy atom. The number of benzene rings is 2. The van der Waals surface area contributed by atoms with E-state index in [1.54, 1.807) is 6.07 Å². The smallest absolute Gasteiger partial charge is 0.172 e. The maximum atomic E-state index is 9.55. The van der Waals surface area contributed by atoms with E-state index in [9.17, 15) is 10.2 Å². The first-order valence-electron chi connectivity index (χ1n) is 4.92. The molecule has 0 unspecified atom stereocenters. The summed E-state index contributed by atoms with van der Waals surface area (Å²) in [6.07, 6.45) is 0. The number of aryl methyl sites for hydroxylation is 1. The van der Waals surface area contributed by atoms with Crippen LogP contribution in [0.3, 0.4) is 0 Å². The topological polar surface area (TPSA) is 49.7 Å². The molecule has 0 aliphatic carbocycles. The molecule has 0 atom stereocenters. The van der Waals surface area contributed by atoms with Gasteiger partial charge in [-0.3, -0.25) is 0 Å². The lowest BCUT2D eigenvalue weighted by Crippen LogP contribution is -1.87. The van der Waals surface area contributed by atoms with Crippen LogP contribution in [-0.2, 0) is 0 Å². The normalized spacial score (nSPS) is 10.1. The number of hydrogen-bond donors (Lipinski definition) is 2. The molecule has 0 saturated heterocycles. The molecule has 0 amide bonds. The van der Waals surface area contributed by atoms with Crippen LogP contribution in [0.25, 0.3) is 0 Å². The number of phenols is 2. The highest BCUT2D eigenvalue weighted by atomic mass is 16.5. The average Bonchev–Trinajstić information content (AvgIpc) is 2.27. The molecule has 2 aromatic rings. The molecule has 0 radical (unpaired) electrons. The predicted molar refractivity (Wildman–Crippen MR) is 61.0 cm³/mol. The second kappa shape index (κ2) is 4.14. The highest BCUT2D eigenvalue weighted by Gasteiger charge is 2.06. The van der Waals surface area contributed by atoms with E-state index < -0.39 is 0 Å². The van der Waals surface area contributed by atoms with Gasteiger partial charge in [-0.05, 0) is 30.7 Å². The first kappa shape index (κ1) is 10.4. The van der Waals surface area contributed by atoms with Gasteiger partial charge in [0.15, 0.2) is 11.5 Å². The van der Waals surface area contributed by atoms with E-state index in [1.807, 2.05) is 25.1 Å². The number of para-hydroxylation sites is 1. The van der Waals surface area contributed by atoms with Crippen molar-refractivity contribution in [3.05, 3.63) is 48.0 Å². The third-order valence-corrected chi connectivity index (χ3v) is 2.26. The third kappa shape index (κ3) is 2.08. The summed E-state index contributed by atoms with van der Waals surface area (Å²) in [6, 6.07) is 11.6. The van der Waals surface area contributed by atoms with Crippen molar-refractivity contribution in [2.75, 3.05) is 0 Å². The largest absolute Gasteiger partial charge is 0.508 e. The van der Waals surface area contributed by atoms with Crippen LogP contribution in [0.15, 0.2) is 42.5 Å². The molecule has 0 aromatic heterocycles. The third-order valence-electron chi connectivity index (χ3n) is 2.26. The minimum atomic E-state index is 0.000975. The van der Waals surface area contributed by atoms with Gasteiger partial charge in [-0.25, -0.2) is 0 Å². The Kier molecular flexibility index (Phi) is 2.68. The first-order chi connectivity index (χ1) is 7.66. The standard InChI is InChI=1S/C13H12O3/c1-9-4-2-3-5-12(9)16-13-8-10(14)6-7-11(13)15/h2-8,14-15H,1H3. The molecule has 2 aromatic carbocycles. The molecule has 0 heterocycles. The average molecular weight is 216 g/mol. The van der Waals surface area contributed by atoms with E-state index in [0.29, 0.717) is 5.75 Å². The van der Waals surface area contributed by atoms with Gasteiger partial charge >= 0.3 is 0 Å². The fourth-order valence-electron chi connectivity index (χ4n) is 1.37. The Labute approximate surface area is 93.6 Å². The zero-order valence-electron chi connectivity index (χ0n) is 8.84. The van der Waals surface area contributed by atoms with Gasteiger partial charge in [-0.15, -0.1) is 0 Å². The van der Waals surface area contributed by atoms with Gasteiger partial charge in [0.05, 0.1) is 0 Å². The number of ether oxygens (including phenoxy) is 1. The minimum Gasteiger partial charge on any atom is -0.508 e. The Morgan fingerprint density at radius 1 is 0.938 bits per heavy atom. The lowest BCUT2D eigenvalue weighted by Gasteiger charge is -2.09. The zero-order valence-corrected chi connectivity index (χ0v) is 8.84. The van der Waals surface area contributed by atoms with Gasteiger partial charge in [0.1, 0.15) is 11.5 Å². The zero-order chi connectivity index (χ0) is 11.5. The molecule has 0 fully saturated rings. The van der Waals surface area contributed by atoms with Crippen LogP contribution in [0.4, 0.5) is 0 Å². The molecule has 16 heavy (non-hydrogen) atoms. The quantitative estimate of drug-likeness (QED) is 0.758. The van der Waals surface area contributed by atoms with Gasteiger partial charge in [0.2, 0.25) is 0 Å². The Bertz CT molecular complexity index is 506. The van der Waals surface area contributed by atoms with Gasteiger partial charge in [-0.2, -0.15) is 0 Å². The van der Waals surface area contributed by atoms with Crippen molar-refractivity contribution >= 4 is 0 Å². The fraction of sp³-hybridized carbons (Fsp3) is 0.0769. The van der Waals surface area contributed by atoms with Gasteiger partial charge < -0.3 is 14.9 Å². The molecule has 3 heteroatoms. The first-order valence-corrected chi connectivity index (χ1v) is 4.92. The van der Waals surface area contributed by atoms with E-state index >= 15 is 0 Å². The molecular weight excluding hydrogens is 204 g/mol. The van der Waals surface area contributed by atoms with E-state index in [1.165, 1.54) is 18.2 Å². The molecule has 0 saturated carbocycles. The summed E-state index contributed by atoms with van der Waals surface area (Å²) >= 11 is 0. The van der Waals surface area contributed by atoms with Crippen molar-refractivity contribution in [3.63, 3.8) is 0 Å². The summed E-state index contributed by atoms with van der Waals surface area (Å²) < 4.78 is 5.51. The summed E-state index contributed by atoms with van der Waals surface area (Å²) in [5.41, 5.74) is 0.963. The van der Waals surface area contributed by atoms with Crippen molar-refractivity contribution in [1.29, 1.82) is 0 Å². The van der Waals surface area contributed by atoms with E-state index in [2.05, 4.69) is 0 Å². The summed E-state index contributed by atoms with van der Waals surface area (Å²) in [6.45, 7) is 1.91. The highest BCUT2D eigenvalue weighted by Crippen LogP contribution is 2.34. The summed E-state index contributed by atoms with van der Waals surface area (Å²) in [4.78, 5) is 0. The van der Waals surface area contributed by atoms with Crippen LogP contribution in [0.1, 0.15) is 5.56 Å². The van der Waals surface area contributed by atoms with Crippen LogP contribution in [0.2, 0.25) is 0 Å². The van der Waals surface area contributed by atoms with E-state index in [4.69, 9.17) is 4.74 Å². The number of rotatable bonds is 2. The van der Waals surface area contributed by atoms with E-state index in [-0.39, 0.29) is 17.2 Å². The molecule has 2 N–H and O–H groups in total. The molecule has 2 rings (SSSR count). The van der Waals surface area contributed by atoms with Crippen LogP contribution < -0.4 is 4.74 Å². The lowest BCUT2D eigenvalue weighted by atomic mass is 10.2. The second-order valence-electron chi connectivity index (χ2n) is 3.52. The highest BCUT2D eigenvalue weighted by molar-refractivity contribution is 5.47. The van der Waals surface area contributed by atoms with Crippen molar-refractivity contribution in [3.8, 4) is 23.0 Å². The summed E-state index contributed by atoms with van der Waals surface area (Å²) in [7, 11) is 0. The lowest BCUT2D eigenvalue weighted by molar-refractivity contribution is 0.402. The Morgan fingerprint density at radius 2 is 1.69 bits per heavy atom. The SMILES string of the molecule is Cc1ccccc1Oc1cc(O)ccc1O. The van der Waals surface area contributed by atoms with Crippen LogP contribution >= 0.6 is 0 Å². The maximum absolute atomic E-state index is 9.55. The van der Waals surface area contributed by atoms with Gasteiger partial charge in [-0.1, -0.05) is 18.2 Å². The Hall–Kier alpha value is -2.16. The summed E-state index contributed by atoms with van der Waals surface area (Å²) in [5.74, 6) is 0.958. The van der Waals surface area contributed by atoms with Crippen LogP contribution in [-0.4, -0.2) is 10.2 Å². The van der Waals surface area contributed by atoms with Crippen LogP contribution in [0, 0.1) is 6.92 Å². The minimum absolute atomic E-state index is 0.000975. The van der Waals surface area contributed by atoms with E-state index in [0.717, 1.165) is 5.56 Å². The van der Waals surface area contributed by atoms with Crippen molar-refractivity contribution in [1.82, 2.24) is 0 Å². The number of aromatic hydroxyl groups is 2. The van der Waals surface area contributed by atoms with Gasteiger partial charge in [0.25, 0.3) is 0 Å². The van der Waals surface area contributed by atoms with Crippen molar-refractivity contribution in [2.45, 2.75) is 6.92 Å². The predicted octanol–water partition coefficient (Wildman–Crippen LogP) is 3.20. The van der Waals surface area contributed by atoms with Crippen molar-refractivity contribution in [2.24, 2.45) is 0 Å². The molecule has 0 bridgehead atoms. The molecule has 82 valence electrons.